The molecule has 0 saturated carbocycles. The molecule has 2 atom stereocenters. The Labute approximate surface area is 615 Å². The van der Waals surface area contributed by atoms with E-state index in [0.717, 1.165) is 123 Å². The van der Waals surface area contributed by atoms with Gasteiger partial charge in [-0.15, -0.1) is 0 Å². The van der Waals surface area contributed by atoms with Gasteiger partial charge in [-0.05, 0) is 142 Å². The molecule has 14 heteroatoms. The van der Waals surface area contributed by atoms with Crippen LogP contribution in [0.1, 0.15) is 388 Å². The Hall–Kier alpha value is -1.39. The Morgan fingerprint density at radius 1 is 0.367 bits per heavy atom. The molecule has 0 radical (unpaired) electrons. The van der Waals surface area contributed by atoms with Gasteiger partial charge in [0.2, 0.25) is 0 Å². The van der Waals surface area contributed by atoms with Gasteiger partial charge in [-0.25, -0.2) is 0 Å². The highest BCUT2D eigenvalue weighted by Crippen LogP contribution is 2.25. The first-order chi connectivity index (χ1) is 48.1. The number of carbonyl (C=O) groups is 3. The molecule has 0 aliphatic carbocycles. The van der Waals surface area contributed by atoms with Gasteiger partial charge >= 0.3 is 17.9 Å². The Kier molecular flexibility index (Phi) is 72.7. The first kappa shape index (κ1) is 94.6. The summed E-state index contributed by atoms with van der Waals surface area (Å²) in [6.45, 7) is 23.6. The monoisotopic (exact) mass is 1420 g/mol. The van der Waals surface area contributed by atoms with Crippen LogP contribution in [0.5, 0.6) is 0 Å². The predicted octanol–water partition coefficient (Wildman–Crippen LogP) is 22.4. The molecule has 98 heavy (non-hydrogen) atoms. The zero-order valence-corrected chi connectivity index (χ0v) is 67.2. The molecule has 1 saturated heterocycles. The molecule has 0 aromatic rings. The Morgan fingerprint density at radius 2 is 0.724 bits per heavy atom. The summed E-state index contributed by atoms with van der Waals surface area (Å²) in [5.74, 6) is 2.25. The van der Waals surface area contributed by atoms with Crippen LogP contribution in [0.4, 0.5) is 0 Å². The zero-order valence-electron chi connectivity index (χ0n) is 65.5. The number of aliphatic hydroxyl groups excluding tert-OH is 2. The number of hydrogen-bond donors (Lipinski definition) is 2. The van der Waals surface area contributed by atoms with Crippen molar-refractivity contribution in [1.82, 2.24) is 19.6 Å². The van der Waals surface area contributed by atoms with Crippen molar-refractivity contribution in [2.24, 2.45) is 0 Å². The van der Waals surface area contributed by atoms with Gasteiger partial charge in [0.15, 0.2) is 0 Å². The minimum absolute atomic E-state index is 0.0306. The summed E-state index contributed by atoms with van der Waals surface area (Å²) in [6, 6.07) is 0. The van der Waals surface area contributed by atoms with E-state index in [2.05, 4.69) is 81.9 Å². The number of hydrogen-bond acceptors (Lipinski definition) is 14. The van der Waals surface area contributed by atoms with Crippen molar-refractivity contribution in [1.29, 1.82) is 0 Å². The fourth-order valence-electron chi connectivity index (χ4n) is 13.7. The smallest absolute Gasteiger partial charge is 0.306 e. The third kappa shape index (κ3) is 66.6. The maximum Gasteiger partial charge on any atom is 0.306 e. The van der Waals surface area contributed by atoms with Crippen LogP contribution in [-0.4, -0.2) is 169 Å². The van der Waals surface area contributed by atoms with E-state index in [0.29, 0.717) is 58.5 Å². The number of ether oxygens (including phenoxy) is 3. The van der Waals surface area contributed by atoms with E-state index in [4.69, 9.17) is 14.2 Å². The van der Waals surface area contributed by atoms with Gasteiger partial charge in [-0.2, -0.15) is 0 Å². The first-order valence-corrected chi connectivity index (χ1v) is 45.3. The average Bonchev–Trinajstić information content (AvgIpc) is 1.15. The lowest BCUT2D eigenvalue weighted by molar-refractivity contribution is -0.150. The maximum absolute atomic E-state index is 13.1. The second-order valence-electron chi connectivity index (χ2n) is 29.8. The topological polar surface area (TPSA) is 132 Å². The highest BCUT2D eigenvalue weighted by Gasteiger charge is 2.20. The first-order valence-electron chi connectivity index (χ1n) is 42.8. The largest absolute Gasteiger partial charge is 0.464 e. The standard InChI is InChI=1S/C84H164N4O8S2/c1-6-11-16-21-26-28-33-42-56-79(89)77-88(78-80(90)57-43-34-29-27-22-17-12-7-2)67-55-62-83(92)95-74-72-87-70-68-86(69-71-87)66-51-54-76-98-97-75-53-50-65-85(63-48-39-31-37-46-60-82(91)94-73-52-41-30-23-18-13-8-3)64-49-40-32-38-47-61-84(93)96-81(58-44-35-24-19-14-9-4)59-45-36-25-20-15-10-5/h41,52,79-81,89-90H,6-40,42-51,53-78H2,1-5H3/b52-41-. The maximum atomic E-state index is 13.1. The lowest BCUT2D eigenvalue weighted by atomic mass is 10.0. The summed E-state index contributed by atoms with van der Waals surface area (Å²) in [5.41, 5.74) is 0. The van der Waals surface area contributed by atoms with E-state index < -0.39 is 12.2 Å². The molecule has 2 N–H and O–H groups in total. The molecule has 1 aliphatic rings. The van der Waals surface area contributed by atoms with Gasteiger partial charge in [0.25, 0.3) is 0 Å². The van der Waals surface area contributed by atoms with Crippen LogP contribution >= 0.6 is 21.6 Å². The molecular weight excluding hydrogens is 1260 g/mol. The number of allylic oxidation sites excluding steroid dienone is 1. The Balaban J connectivity index is 2.42. The third-order valence-electron chi connectivity index (χ3n) is 20.2. The summed E-state index contributed by atoms with van der Waals surface area (Å²) >= 11 is 0. The molecule has 0 spiro atoms. The molecule has 0 amide bonds. The van der Waals surface area contributed by atoms with Crippen molar-refractivity contribution in [2.75, 3.05) is 103 Å². The van der Waals surface area contributed by atoms with Crippen molar-refractivity contribution < 1.29 is 38.8 Å². The summed E-state index contributed by atoms with van der Waals surface area (Å²) < 4.78 is 17.4. The summed E-state index contributed by atoms with van der Waals surface area (Å²) in [6.07, 6.45) is 67.1. The van der Waals surface area contributed by atoms with E-state index in [1.165, 1.54) is 275 Å². The molecule has 12 nitrogen and oxygen atoms in total. The number of nitrogens with zero attached hydrogens (tertiary/aromatic N) is 4. The van der Waals surface area contributed by atoms with Gasteiger partial charge in [-0.1, -0.05) is 293 Å². The molecule has 0 aromatic heterocycles. The van der Waals surface area contributed by atoms with E-state index >= 15 is 0 Å². The van der Waals surface area contributed by atoms with Gasteiger partial charge in [0.1, 0.15) is 19.3 Å². The molecule has 1 aliphatic heterocycles. The fourth-order valence-corrected chi connectivity index (χ4v) is 16.0. The summed E-state index contributed by atoms with van der Waals surface area (Å²) in [7, 11) is 4.12. The van der Waals surface area contributed by atoms with Crippen LogP contribution < -0.4 is 0 Å². The van der Waals surface area contributed by atoms with Gasteiger partial charge < -0.3 is 34.2 Å². The average molecular weight is 1420 g/mol. The number of piperazine rings is 1. The lowest BCUT2D eigenvalue weighted by Gasteiger charge is -2.34. The lowest BCUT2D eigenvalue weighted by Crippen LogP contribution is -2.47. The molecule has 0 aromatic carbocycles. The van der Waals surface area contributed by atoms with Gasteiger partial charge in [-0.3, -0.25) is 24.2 Å². The van der Waals surface area contributed by atoms with Crippen LogP contribution in [0, 0.1) is 0 Å². The van der Waals surface area contributed by atoms with Crippen molar-refractivity contribution >= 4 is 39.5 Å². The van der Waals surface area contributed by atoms with Crippen LogP contribution in [0.15, 0.2) is 12.2 Å². The van der Waals surface area contributed by atoms with Crippen LogP contribution in [0.25, 0.3) is 0 Å². The molecule has 1 heterocycles. The van der Waals surface area contributed by atoms with Gasteiger partial charge in [0, 0.05) is 76.6 Å². The predicted molar refractivity (Wildman–Crippen MR) is 426 cm³/mol. The molecular formula is C84H164N4O8S2. The van der Waals surface area contributed by atoms with E-state index in [-0.39, 0.29) is 24.0 Å². The molecule has 0 bridgehead atoms. The SMILES string of the molecule is CCCCCC/C=C\COC(=O)CCCCCCCN(CCCCCCCC(=O)OC(CCCCCCCC)CCCCCCCC)CCCCSSCCCCN1CCN(CCOC(=O)CCCN(CC(O)CCCCCCCCCC)CC(O)CCCCCCCCCC)CC1. The van der Waals surface area contributed by atoms with Gasteiger partial charge in [0.05, 0.1) is 12.2 Å². The normalized spacial score (nSPS) is 13.9. The molecule has 1 fully saturated rings. The van der Waals surface area contributed by atoms with E-state index in [1.807, 2.05) is 6.08 Å². The second-order valence-corrected chi connectivity index (χ2v) is 32.5. The van der Waals surface area contributed by atoms with Crippen molar-refractivity contribution in [3.63, 3.8) is 0 Å². The van der Waals surface area contributed by atoms with Crippen molar-refractivity contribution in [2.45, 2.75) is 406 Å². The highest BCUT2D eigenvalue weighted by molar-refractivity contribution is 8.76. The third-order valence-corrected chi connectivity index (χ3v) is 22.8. The van der Waals surface area contributed by atoms with Crippen LogP contribution in [0.3, 0.4) is 0 Å². The number of unbranched alkanes of at least 4 members (excludes halogenated alkanes) is 38. The van der Waals surface area contributed by atoms with E-state index in [1.54, 1.807) is 0 Å². The Bertz CT molecular complexity index is 1670. The quantitative estimate of drug-likeness (QED) is 0.0197. The van der Waals surface area contributed by atoms with Crippen molar-refractivity contribution in [3.05, 3.63) is 12.2 Å². The zero-order chi connectivity index (χ0) is 70.9. The minimum atomic E-state index is -0.405. The Morgan fingerprint density at radius 3 is 1.20 bits per heavy atom. The number of carbonyl (C=O) groups excluding carboxylic acids is 3. The highest BCUT2D eigenvalue weighted by atomic mass is 33.1. The minimum Gasteiger partial charge on any atom is -0.464 e. The number of rotatable bonds is 78. The molecule has 1 rings (SSSR count). The van der Waals surface area contributed by atoms with Crippen molar-refractivity contribution in [3.8, 4) is 0 Å². The molecule has 580 valence electrons. The number of esters is 3. The second kappa shape index (κ2) is 75.3. The van der Waals surface area contributed by atoms with Crippen LogP contribution in [-0.2, 0) is 28.6 Å². The molecule has 2 unspecified atom stereocenters. The summed E-state index contributed by atoms with van der Waals surface area (Å²) in [5, 5.41) is 22.1. The number of aliphatic hydroxyl groups is 2. The van der Waals surface area contributed by atoms with Crippen LogP contribution in [0.2, 0.25) is 0 Å². The fraction of sp³-hybridized carbons (Fsp3) is 0.940. The van der Waals surface area contributed by atoms with E-state index in [9.17, 15) is 24.6 Å². The summed E-state index contributed by atoms with van der Waals surface area (Å²) in [4.78, 5) is 48.2.